The Morgan fingerprint density at radius 2 is 1.92 bits per heavy atom. The summed E-state index contributed by atoms with van der Waals surface area (Å²) in [5, 5.41) is -0.0875. The Balaban J connectivity index is 2.01. The maximum Gasteiger partial charge on any atom is 0.400 e. The number of benzene rings is 1. The number of halogens is 5. The van der Waals surface area contributed by atoms with Gasteiger partial charge in [-0.3, -0.25) is 0 Å². The van der Waals surface area contributed by atoms with Crippen LogP contribution in [0.5, 0.6) is 11.5 Å². The third-order valence-corrected chi connectivity index (χ3v) is 4.63. The molecule has 0 aromatic heterocycles. The van der Waals surface area contributed by atoms with Crippen molar-refractivity contribution in [3.8, 4) is 11.5 Å². The second kappa shape index (κ2) is 8.10. The number of hydrogen-bond donors (Lipinski definition) is 0. The zero-order chi connectivity index (χ0) is 17.7. The van der Waals surface area contributed by atoms with E-state index in [9.17, 15) is 17.6 Å². The van der Waals surface area contributed by atoms with E-state index in [4.69, 9.17) is 16.3 Å². The van der Waals surface area contributed by atoms with Gasteiger partial charge in [-0.1, -0.05) is 24.9 Å². The van der Waals surface area contributed by atoms with Gasteiger partial charge in [0.15, 0.2) is 6.26 Å². The average Bonchev–Trinajstić information content (AvgIpc) is 2.53. The highest BCUT2D eigenvalue weighted by Crippen LogP contribution is 2.41. The predicted octanol–water partition coefficient (Wildman–Crippen LogP) is 6.64. The van der Waals surface area contributed by atoms with E-state index in [0.29, 0.717) is 18.8 Å². The lowest BCUT2D eigenvalue weighted by Crippen LogP contribution is -2.37. The first-order valence-electron chi connectivity index (χ1n) is 7.86. The molecular formula is C17H19ClF4O2. The molecule has 1 aliphatic rings. The van der Waals surface area contributed by atoms with E-state index in [2.05, 4.69) is 11.7 Å². The fourth-order valence-electron chi connectivity index (χ4n) is 2.90. The van der Waals surface area contributed by atoms with Crippen molar-refractivity contribution in [2.45, 2.75) is 45.1 Å². The van der Waals surface area contributed by atoms with Crippen LogP contribution in [-0.4, -0.2) is 6.11 Å². The number of alkyl halides is 2. The van der Waals surface area contributed by atoms with Crippen LogP contribution < -0.4 is 9.47 Å². The highest BCUT2D eigenvalue weighted by Gasteiger charge is 2.43. The minimum Gasteiger partial charge on any atom is -0.458 e. The third kappa shape index (κ3) is 5.03. The summed E-state index contributed by atoms with van der Waals surface area (Å²) in [5.41, 5.74) is 0. The van der Waals surface area contributed by atoms with E-state index in [1.807, 2.05) is 0 Å². The molecule has 1 saturated carbocycles. The molecule has 0 aliphatic heterocycles. The van der Waals surface area contributed by atoms with Crippen LogP contribution >= 0.6 is 11.6 Å². The number of rotatable bonds is 6. The normalized spacial score (nSPS) is 21.2. The first kappa shape index (κ1) is 18.9. The molecule has 134 valence electrons. The van der Waals surface area contributed by atoms with Gasteiger partial charge in [0.25, 0.3) is 0 Å². The first-order chi connectivity index (χ1) is 11.3. The Kier molecular flexibility index (Phi) is 6.38. The fourth-order valence-corrected chi connectivity index (χ4v) is 3.11. The summed E-state index contributed by atoms with van der Waals surface area (Å²) in [6.07, 6.45) is -1.71. The molecule has 2 nitrogen and oxygen atoms in total. The number of ether oxygens (including phenoxy) is 2. The zero-order valence-corrected chi connectivity index (χ0v) is 14.0. The molecule has 0 bridgehead atoms. The molecule has 1 aliphatic carbocycles. The third-order valence-electron chi connectivity index (χ3n) is 4.33. The maximum absolute atomic E-state index is 14.3. The summed E-state index contributed by atoms with van der Waals surface area (Å²) in [7, 11) is 0. The second-order valence-corrected chi connectivity index (χ2v) is 6.31. The van der Waals surface area contributed by atoms with Crippen molar-refractivity contribution in [2.75, 3.05) is 0 Å². The van der Waals surface area contributed by atoms with Crippen LogP contribution in [0.25, 0.3) is 0 Å². The highest BCUT2D eigenvalue weighted by atomic mass is 35.5. The van der Waals surface area contributed by atoms with Crippen molar-refractivity contribution in [1.29, 1.82) is 0 Å². The van der Waals surface area contributed by atoms with E-state index in [1.165, 1.54) is 12.1 Å². The van der Waals surface area contributed by atoms with Crippen molar-refractivity contribution < 1.29 is 27.0 Å². The van der Waals surface area contributed by atoms with Gasteiger partial charge >= 0.3 is 12.2 Å². The molecular weight excluding hydrogens is 348 g/mol. The van der Waals surface area contributed by atoms with Crippen molar-refractivity contribution in [1.82, 2.24) is 0 Å². The SMILES string of the molecule is CCC1CCC(C(F)(F)Oc2ccc(OC=C(F)F)c(Cl)c2)CC1. The summed E-state index contributed by atoms with van der Waals surface area (Å²) in [5.74, 6) is -0.520. The quantitative estimate of drug-likeness (QED) is 0.414. The first-order valence-corrected chi connectivity index (χ1v) is 8.23. The lowest BCUT2D eigenvalue weighted by atomic mass is 9.80. The molecule has 0 spiro atoms. The summed E-state index contributed by atoms with van der Waals surface area (Å²) < 4.78 is 62.0. The van der Waals surface area contributed by atoms with Crippen molar-refractivity contribution >= 4 is 11.6 Å². The van der Waals surface area contributed by atoms with Gasteiger partial charge in [-0.2, -0.15) is 17.6 Å². The molecule has 0 heterocycles. The standard InChI is InChI=1S/C17H19ClF4O2/c1-2-11-3-5-12(6-4-11)17(21,22)24-13-7-8-15(14(18)9-13)23-10-16(19)20/h7-12H,2-6H2,1H3. The highest BCUT2D eigenvalue weighted by molar-refractivity contribution is 6.32. The van der Waals surface area contributed by atoms with Crippen LogP contribution in [0.1, 0.15) is 39.0 Å². The molecule has 1 aromatic rings. The van der Waals surface area contributed by atoms with Gasteiger partial charge in [-0.25, -0.2) is 0 Å². The van der Waals surface area contributed by atoms with E-state index in [1.54, 1.807) is 0 Å². The van der Waals surface area contributed by atoms with Crippen LogP contribution in [0.3, 0.4) is 0 Å². The van der Waals surface area contributed by atoms with Crippen molar-refractivity contribution in [3.05, 3.63) is 35.6 Å². The maximum atomic E-state index is 14.3. The number of hydrogen-bond acceptors (Lipinski definition) is 2. The molecule has 0 N–H and O–H groups in total. The van der Waals surface area contributed by atoms with Gasteiger partial charge in [0.1, 0.15) is 11.5 Å². The lowest BCUT2D eigenvalue weighted by molar-refractivity contribution is -0.223. The molecule has 0 atom stereocenters. The molecule has 2 rings (SSSR count). The molecule has 0 saturated heterocycles. The Morgan fingerprint density at radius 3 is 2.46 bits per heavy atom. The smallest absolute Gasteiger partial charge is 0.400 e. The minimum atomic E-state index is -3.30. The van der Waals surface area contributed by atoms with E-state index in [-0.39, 0.29) is 22.8 Å². The predicted molar refractivity (Wildman–Crippen MR) is 83.7 cm³/mol. The van der Waals surface area contributed by atoms with Crippen molar-refractivity contribution in [2.24, 2.45) is 11.8 Å². The summed E-state index contributed by atoms with van der Waals surface area (Å²) >= 11 is 5.84. The molecule has 0 unspecified atom stereocenters. The van der Waals surface area contributed by atoms with Crippen LogP contribution in [0.2, 0.25) is 5.02 Å². The van der Waals surface area contributed by atoms with Crippen molar-refractivity contribution in [3.63, 3.8) is 0 Å². The Morgan fingerprint density at radius 1 is 1.25 bits per heavy atom. The largest absolute Gasteiger partial charge is 0.458 e. The summed E-state index contributed by atoms with van der Waals surface area (Å²) in [6.45, 7) is 2.06. The van der Waals surface area contributed by atoms with Gasteiger partial charge < -0.3 is 9.47 Å². The van der Waals surface area contributed by atoms with Crippen LogP contribution in [0, 0.1) is 11.8 Å². The molecule has 7 heteroatoms. The van der Waals surface area contributed by atoms with Gasteiger partial charge in [-0.15, -0.1) is 0 Å². The van der Waals surface area contributed by atoms with E-state index >= 15 is 0 Å². The average molecular weight is 367 g/mol. The van der Waals surface area contributed by atoms with E-state index < -0.39 is 18.1 Å². The van der Waals surface area contributed by atoms with Crippen LogP contribution in [-0.2, 0) is 0 Å². The molecule has 1 aromatic carbocycles. The minimum absolute atomic E-state index is 0.0661. The monoisotopic (exact) mass is 366 g/mol. The Labute approximate surface area is 143 Å². The van der Waals surface area contributed by atoms with Gasteiger partial charge in [0, 0.05) is 6.07 Å². The Bertz CT molecular complexity index is 580. The topological polar surface area (TPSA) is 18.5 Å². The van der Waals surface area contributed by atoms with Gasteiger partial charge in [-0.05, 0) is 43.7 Å². The van der Waals surface area contributed by atoms with Crippen LogP contribution in [0.4, 0.5) is 17.6 Å². The molecule has 0 radical (unpaired) electrons. The zero-order valence-electron chi connectivity index (χ0n) is 13.2. The summed E-state index contributed by atoms with van der Waals surface area (Å²) in [6, 6.07) is 3.56. The van der Waals surface area contributed by atoms with E-state index in [0.717, 1.165) is 25.3 Å². The summed E-state index contributed by atoms with van der Waals surface area (Å²) in [4.78, 5) is 0. The van der Waals surface area contributed by atoms with Gasteiger partial charge in [0.2, 0.25) is 0 Å². The fraction of sp³-hybridized carbons (Fsp3) is 0.529. The Hall–Kier alpha value is -1.43. The molecule has 24 heavy (non-hydrogen) atoms. The molecule has 0 amide bonds. The molecule has 1 fully saturated rings. The van der Waals surface area contributed by atoms with Crippen LogP contribution in [0.15, 0.2) is 30.5 Å². The lowest BCUT2D eigenvalue weighted by Gasteiger charge is -2.33. The van der Waals surface area contributed by atoms with Gasteiger partial charge in [0.05, 0.1) is 10.9 Å². The second-order valence-electron chi connectivity index (χ2n) is 5.91.